The highest BCUT2D eigenvalue weighted by atomic mass is 32.2. The van der Waals surface area contributed by atoms with Gasteiger partial charge in [0.25, 0.3) is 0 Å². The molecule has 2 heterocycles. The smallest absolute Gasteiger partial charge is 0.234 e. The number of hydrogen-bond donors (Lipinski definition) is 1. The van der Waals surface area contributed by atoms with Crippen molar-refractivity contribution in [3.8, 4) is 0 Å². The van der Waals surface area contributed by atoms with Crippen LogP contribution in [0.5, 0.6) is 0 Å². The first-order valence-corrected chi connectivity index (χ1v) is 10.9. The fourth-order valence-corrected chi connectivity index (χ4v) is 5.97. The van der Waals surface area contributed by atoms with E-state index in [0.717, 1.165) is 18.4 Å². The molecule has 0 radical (unpaired) electrons. The van der Waals surface area contributed by atoms with Gasteiger partial charge in [0.2, 0.25) is 5.91 Å². The molecule has 0 aliphatic carbocycles. The Morgan fingerprint density at radius 2 is 1.85 bits per heavy atom. The van der Waals surface area contributed by atoms with Gasteiger partial charge in [0.1, 0.15) is 0 Å². The summed E-state index contributed by atoms with van der Waals surface area (Å²) in [6.07, 6.45) is 1.95. The van der Waals surface area contributed by atoms with Crippen LogP contribution in [0, 0.1) is 5.92 Å². The van der Waals surface area contributed by atoms with Crippen LogP contribution in [0.2, 0.25) is 0 Å². The lowest BCUT2D eigenvalue weighted by Crippen LogP contribution is -2.51. The Hall–Kier alpha value is -1.73. The second-order valence-electron chi connectivity index (χ2n) is 7.73. The first-order valence-electron chi connectivity index (χ1n) is 9.09. The van der Waals surface area contributed by atoms with Crippen molar-refractivity contribution in [2.24, 2.45) is 5.92 Å². The lowest BCUT2D eigenvalue weighted by atomic mass is 9.89. The summed E-state index contributed by atoms with van der Waals surface area (Å²) in [6, 6.07) is 9.33. The number of rotatable bonds is 5. The second kappa shape index (κ2) is 7.48. The topological polar surface area (TPSA) is 83.6 Å². The van der Waals surface area contributed by atoms with E-state index in [9.17, 15) is 18.0 Å². The van der Waals surface area contributed by atoms with Gasteiger partial charge in [-0.3, -0.25) is 14.5 Å². The molecule has 1 N–H and O–H groups in total. The monoisotopic (exact) mass is 378 g/mol. The number of carbonyl (C=O) groups is 2. The highest BCUT2D eigenvalue weighted by molar-refractivity contribution is 7.91. The van der Waals surface area contributed by atoms with Crippen LogP contribution in [0.3, 0.4) is 0 Å². The summed E-state index contributed by atoms with van der Waals surface area (Å²) in [5, 5.41) is 2.89. The number of likely N-dealkylation sites (tertiary alicyclic amines) is 1. The average Bonchev–Trinajstić information content (AvgIpc) is 2.88. The number of nitrogens with zero attached hydrogens (tertiary/aromatic N) is 1. The molecular weight excluding hydrogens is 352 g/mol. The minimum absolute atomic E-state index is 0.00852. The van der Waals surface area contributed by atoms with Crippen LogP contribution >= 0.6 is 0 Å². The van der Waals surface area contributed by atoms with Crippen molar-refractivity contribution in [3.05, 3.63) is 35.9 Å². The summed E-state index contributed by atoms with van der Waals surface area (Å²) >= 11 is 0. The maximum atomic E-state index is 12.5. The van der Waals surface area contributed by atoms with Crippen molar-refractivity contribution in [3.63, 3.8) is 0 Å². The number of amides is 1. The molecule has 2 saturated heterocycles. The largest absolute Gasteiger partial charge is 0.349 e. The summed E-state index contributed by atoms with van der Waals surface area (Å²) in [7, 11) is -3.04. The van der Waals surface area contributed by atoms with Gasteiger partial charge in [0.15, 0.2) is 15.6 Å². The van der Waals surface area contributed by atoms with E-state index in [1.807, 2.05) is 35.2 Å². The molecule has 0 unspecified atom stereocenters. The molecule has 6 nitrogen and oxygen atoms in total. The first kappa shape index (κ1) is 19.0. The van der Waals surface area contributed by atoms with Gasteiger partial charge < -0.3 is 5.32 Å². The molecule has 0 aromatic heterocycles. The van der Waals surface area contributed by atoms with E-state index >= 15 is 0 Å². The third-order valence-corrected chi connectivity index (χ3v) is 7.23. The van der Waals surface area contributed by atoms with Crippen LogP contribution in [-0.4, -0.2) is 61.7 Å². The molecule has 1 amide bonds. The van der Waals surface area contributed by atoms with E-state index in [4.69, 9.17) is 0 Å². The molecule has 1 aromatic carbocycles. The number of hydrogen-bond acceptors (Lipinski definition) is 5. The van der Waals surface area contributed by atoms with Crippen LogP contribution in [0.15, 0.2) is 30.3 Å². The Morgan fingerprint density at radius 3 is 2.42 bits per heavy atom. The summed E-state index contributed by atoms with van der Waals surface area (Å²) in [6.45, 7) is 3.44. The number of carbonyl (C=O) groups excluding carboxylic acids is 2. The quantitative estimate of drug-likeness (QED) is 0.780. The molecule has 2 aliphatic rings. The number of ketones is 1. The van der Waals surface area contributed by atoms with Crippen molar-refractivity contribution in [1.82, 2.24) is 10.2 Å². The van der Waals surface area contributed by atoms with E-state index < -0.39 is 15.4 Å². The predicted octanol–water partition coefficient (Wildman–Crippen LogP) is 1.27. The zero-order chi connectivity index (χ0) is 18.8. The third kappa shape index (κ3) is 4.71. The lowest BCUT2D eigenvalue weighted by Gasteiger charge is -2.32. The number of sulfone groups is 1. The van der Waals surface area contributed by atoms with E-state index in [1.54, 1.807) is 6.92 Å². The molecule has 0 bridgehead atoms. The van der Waals surface area contributed by atoms with Crippen LogP contribution in [0.1, 0.15) is 36.5 Å². The van der Waals surface area contributed by atoms with Gasteiger partial charge in [-0.05, 0) is 39.3 Å². The van der Waals surface area contributed by atoms with Crippen molar-refractivity contribution in [2.75, 3.05) is 31.1 Å². The summed E-state index contributed by atoms with van der Waals surface area (Å²) in [5.74, 6) is 0.195. The SMILES string of the molecule is C[C@@]1(NC(=O)CN2CCC(C(=O)c3ccccc3)CC2)CCS(=O)(=O)C1. The molecule has 0 spiro atoms. The Kier molecular flexibility index (Phi) is 5.48. The van der Waals surface area contributed by atoms with Gasteiger partial charge >= 0.3 is 0 Å². The first-order chi connectivity index (χ1) is 12.3. The number of Topliss-reactive ketones (excluding diaryl/α,β-unsaturated/α-hetero) is 1. The van der Waals surface area contributed by atoms with Crippen molar-refractivity contribution in [1.29, 1.82) is 0 Å². The molecular formula is C19H26N2O4S. The Labute approximate surface area is 154 Å². The predicted molar refractivity (Wildman–Crippen MR) is 99.8 cm³/mol. The molecule has 2 aliphatic heterocycles. The molecule has 7 heteroatoms. The van der Waals surface area contributed by atoms with Gasteiger partial charge in [-0.2, -0.15) is 0 Å². The fraction of sp³-hybridized carbons (Fsp3) is 0.579. The van der Waals surface area contributed by atoms with Gasteiger partial charge in [0, 0.05) is 11.5 Å². The van der Waals surface area contributed by atoms with Crippen LogP contribution in [-0.2, 0) is 14.6 Å². The van der Waals surface area contributed by atoms with Crippen LogP contribution in [0.25, 0.3) is 0 Å². The second-order valence-corrected chi connectivity index (χ2v) is 9.92. The average molecular weight is 378 g/mol. The lowest BCUT2D eigenvalue weighted by molar-refractivity contribution is -0.124. The maximum absolute atomic E-state index is 12.5. The Balaban J connectivity index is 1.47. The third-order valence-electron chi connectivity index (χ3n) is 5.33. The van der Waals surface area contributed by atoms with E-state index in [2.05, 4.69) is 5.32 Å². The minimum Gasteiger partial charge on any atom is -0.349 e. The van der Waals surface area contributed by atoms with Gasteiger partial charge in [0.05, 0.1) is 23.6 Å². The maximum Gasteiger partial charge on any atom is 0.234 e. The van der Waals surface area contributed by atoms with Crippen molar-refractivity contribution < 1.29 is 18.0 Å². The van der Waals surface area contributed by atoms with Crippen LogP contribution in [0.4, 0.5) is 0 Å². The molecule has 3 rings (SSSR count). The Bertz CT molecular complexity index is 770. The van der Waals surface area contributed by atoms with Crippen LogP contribution < -0.4 is 5.32 Å². The van der Waals surface area contributed by atoms with Gasteiger partial charge in [-0.15, -0.1) is 0 Å². The molecule has 1 atom stereocenters. The fourth-order valence-electron chi connectivity index (χ4n) is 3.88. The normalized spacial score (nSPS) is 26.5. The molecule has 1 aromatic rings. The van der Waals surface area contributed by atoms with E-state index in [-0.39, 0.29) is 35.7 Å². The van der Waals surface area contributed by atoms with Gasteiger partial charge in [-0.1, -0.05) is 30.3 Å². The van der Waals surface area contributed by atoms with E-state index in [0.29, 0.717) is 19.5 Å². The van der Waals surface area contributed by atoms with Gasteiger partial charge in [-0.25, -0.2) is 8.42 Å². The van der Waals surface area contributed by atoms with E-state index in [1.165, 1.54) is 0 Å². The zero-order valence-electron chi connectivity index (χ0n) is 15.1. The Morgan fingerprint density at radius 1 is 1.19 bits per heavy atom. The molecule has 142 valence electrons. The highest BCUT2D eigenvalue weighted by Crippen LogP contribution is 2.24. The minimum atomic E-state index is -3.04. The zero-order valence-corrected chi connectivity index (χ0v) is 15.9. The highest BCUT2D eigenvalue weighted by Gasteiger charge is 2.39. The molecule has 0 saturated carbocycles. The summed E-state index contributed by atoms with van der Waals surface area (Å²) in [4.78, 5) is 26.9. The summed E-state index contributed by atoms with van der Waals surface area (Å²) < 4.78 is 23.3. The van der Waals surface area contributed by atoms with Crippen molar-refractivity contribution >= 4 is 21.5 Å². The standard InChI is InChI=1S/C19H26N2O4S/c1-19(9-12-26(24,25)14-19)20-17(22)13-21-10-7-16(8-11-21)18(23)15-5-3-2-4-6-15/h2-6,16H,7-14H2,1H3,(H,20,22)/t19-/m1/s1. The molecule has 2 fully saturated rings. The van der Waals surface area contributed by atoms with Crippen molar-refractivity contribution in [2.45, 2.75) is 31.7 Å². The number of benzene rings is 1. The summed E-state index contributed by atoms with van der Waals surface area (Å²) in [5.41, 5.74) is 0.0939. The number of nitrogens with one attached hydrogen (secondary N) is 1. The number of piperidine rings is 1. The molecule has 26 heavy (non-hydrogen) atoms.